The Balaban J connectivity index is 2.30. The maximum atomic E-state index is 13.1. The monoisotopic (exact) mass is 249 g/mol. The number of hydrogen-bond acceptors (Lipinski definition) is 2. The molecule has 0 aliphatic heterocycles. The smallest absolute Gasteiger partial charge is 0.162 e. The van der Waals surface area contributed by atoms with Crippen molar-refractivity contribution >= 4 is 0 Å². The van der Waals surface area contributed by atoms with Gasteiger partial charge in [-0.15, -0.1) is 0 Å². The average molecular weight is 249 g/mol. The quantitative estimate of drug-likeness (QED) is 0.903. The van der Waals surface area contributed by atoms with E-state index >= 15 is 0 Å². The molecular formula is C14H13F2NO. The predicted molar refractivity (Wildman–Crippen MR) is 65.5 cm³/mol. The van der Waals surface area contributed by atoms with Crippen LogP contribution in [0.15, 0.2) is 36.4 Å². The standard InChI is InChI=1S/C14H13F2NO/c1-9-2-3-10(8-17)6-14(9)18-11-4-5-12(15)13(16)7-11/h2-7H,8,17H2,1H3. The average Bonchev–Trinajstić information content (AvgIpc) is 2.36. The van der Waals surface area contributed by atoms with Crippen molar-refractivity contribution in [2.45, 2.75) is 13.5 Å². The van der Waals surface area contributed by atoms with Gasteiger partial charge in [0.2, 0.25) is 0 Å². The van der Waals surface area contributed by atoms with Crippen molar-refractivity contribution in [3.8, 4) is 11.5 Å². The number of halogens is 2. The topological polar surface area (TPSA) is 35.2 Å². The van der Waals surface area contributed by atoms with Gasteiger partial charge in [-0.3, -0.25) is 0 Å². The molecule has 0 heterocycles. The molecule has 0 spiro atoms. The van der Waals surface area contributed by atoms with Crippen LogP contribution in [-0.4, -0.2) is 0 Å². The highest BCUT2D eigenvalue weighted by Crippen LogP contribution is 2.27. The number of ether oxygens (including phenoxy) is 1. The normalized spacial score (nSPS) is 10.4. The van der Waals surface area contributed by atoms with Crippen LogP contribution in [0.25, 0.3) is 0 Å². The Kier molecular flexibility index (Phi) is 3.58. The molecular weight excluding hydrogens is 236 g/mol. The van der Waals surface area contributed by atoms with Crippen molar-refractivity contribution < 1.29 is 13.5 Å². The Morgan fingerprint density at radius 3 is 2.50 bits per heavy atom. The highest BCUT2D eigenvalue weighted by Gasteiger charge is 2.06. The van der Waals surface area contributed by atoms with Crippen LogP contribution in [0, 0.1) is 18.6 Å². The zero-order chi connectivity index (χ0) is 13.1. The van der Waals surface area contributed by atoms with Gasteiger partial charge in [0.05, 0.1) is 0 Å². The molecule has 0 aliphatic carbocycles. The van der Waals surface area contributed by atoms with Gasteiger partial charge in [0.1, 0.15) is 11.5 Å². The first kappa shape index (κ1) is 12.5. The van der Waals surface area contributed by atoms with Crippen molar-refractivity contribution in [2.75, 3.05) is 0 Å². The molecule has 0 bridgehead atoms. The van der Waals surface area contributed by atoms with E-state index in [2.05, 4.69) is 0 Å². The first-order valence-electron chi connectivity index (χ1n) is 5.52. The zero-order valence-corrected chi connectivity index (χ0v) is 9.91. The number of benzene rings is 2. The lowest BCUT2D eigenvalue weighted by Gasteiger charge is -2.10. The summed E-state index contributed by atoms with van der Waals surface area (Å²) in [7, 11) is 0. The van der Waals surface area contributed by atoms with Crippen LogP contribution in [0.5, 0.6) is 11.5 Å². The molecule has 0 amide bonds. The summed E-state index contributed by atoms with van der Waals surface area (Å²) < 4.78 is 31.4. The molecule has 0 aromatic heterocycles. The Morgan fingerprint density at radius 1 is 1.06 bits per heavy atom. The molecule has 0 fully saturated rings. The van der Waals surface area contributed by atoms with Crippen LogP contribution in [0.4, 0.5) is 8.78 Å². The first-order chi connectivity index (χ1) is 8.60. The summed E-state index contributed by atoms with van der Waals surface area (Å²) in [6, 6.07) is 8.99. The van der Waals surface area contributed by atoms with E-state index in [1.54, 1.807) is 6.07 Å². The molecule has 2 N–H and O–H groups in total. The van der Waals surface area contributed by atoms with E-state index < -0.39 is 11.6 Å². The lowest BCUT2D eigenvalue weighted by atomic mass is 10.1. The van der Waals surface area contributed by atoms with Crippen LogP contribution >= 0.6 is 0 Å². The van der Waals surface area contributed by atoms with Gasteiger partial charge in [0, 0.05) is 12.6 Å². The van der Waals surface area contributed by atoms with E-state index in [-0.39, 0.29) is 5.75 Å². The molecule has 0 atom stereocenters. The number of rotatable bonds is 3. The molecule has 0 aliphatic rings. The predicted octanol–water partition coefficient (Wildman–Crippen LogP) is 3.52. The number of aryl methyl sites for hydroxylation is 1. The fourth-order valence-electron chi connectivity index (χ4n) is 1.55. The molecule has 0 saturated heterocycles. The molecule has 0 unspecified atom stereocenters. The van der Waals surface area contributed by atoms with Crippen molar-refractivity contribution in [3.05, 3.63) is 59.2 Å². The molecule has 0 saturated carbocycles. The zero-order valence-electron chi connectivity index (χ0n) is 9.91. The van der Waals surface area contributed by atoms with Crippen molar-refractivity contribution in [1.29, 1.82) is 0 Å². The maximum absolute atomic E-state index is 13.1. The van der Waals surface area contributed by atoms with Crippen LogP contribution in [-0.2, 0) is 6.54 Å². The van der Waals surface area contributed by atoms with Gasteiger partial charge in [-0.25, -0.2) is 8.78 Å². The Bertz CT molecular complexity index is 570. The Morgan fingerprint density at radius 2 is 1.83 bits per heavy atom. The largest absolute Gasteiger partial charge is 0.457 e. The van der Waals surface area contributed by atoms with Gasteiger partial charge in [0.15, 0.2) is 11.6 Å². The molecule has 0 radical (unpaired) electrons. The molecule has 94 valence electrons. The third-order valence-corrected chi connectivity index (χ3v) is 2.61. The second-order valence-corrected chi connectivity index (χ2v) is 3.98. The Labute approximate surface area is 104 Å². The number of nitrogens with two attached hydrogens (primary N) is 1. The van der Waals surface area contributed by atoms with Gasteiger partial charge in [-0.1, -0.05) is 12.1 Å². The number of hydrogen-bond donors (Lipinski definition) is 1. The van der Waals surface area contributed by atoms with Crippen LogP contribution < -0.4 is 10.5 Å². The van der Waals surface area contributed by atoms with Crippen molar-refractivity contribution in [3.63, 3.8) is 0 Å². The van der Waals surface area contributed by atoms with E-state index in [1.165, 1.54) is 6.07 Å². The minimum Gasteiger partial charge on any atom is -0.457 e. The van der Waals surface area contributed by atoms with Gasteiger partial charge in [-0.05, 0) is 36.2 Å². The summed E-state index contributed by atoms with van der Waals surface area (Å²) in [5.74, 6) is -0.981. The van der Waals surface area contributed by atoms with Crippen LogP contribution in [0.3, 0.4) is 0 Å². The second-order valence-electron chi connectivity index (χ2n) is 3.98. The summed E-state index contributed by atoms with van der Waals surface area (Å²) >= 11 is 0. The van der Waals surface area contributed by atoms with Gasteiger partial charge in [-0.2, -0.15) is 0 Å². The lowest BCUT2D eigenvalue weighted by molar-refractivity contribution is 0.458. The summed E-state index contributed by atoms with van der Waals surface area (Å²) in [4.78, 5) is 0. The Hall–Kier alpha value is -1.94. The summed E-state index contributed by atoms with van der Waals surface area (Å²) in [6.45, 7) is 2.27. The highest BCUT2D eigenvalue weighted by atomic mass is 19.2. The lowest BCUT2D eigenvalue weighted by Crippen LogP contribution is -1.97. The minimum absolute atomic E-state index is 0.256. The van der Waals surface area contributed by atoms with Gasteiger partial charge in [0.25, 0.3) is 0 Å². The summed E-state index contributed by atoms with van der Waals surface area (Å²) in [5, 5.41) is 0. The fourth-order valence-corrected chi connectivity index (χ4v) is 1.55. The minimum atomic E-state index is -0.930. The molecule has 2 rings (SSSR count). The van der Waals surface area contributed by atoms with Gasteiger partial charge < -0.3 is 10.5 Å². The molecule has 2 aromatic carbocycles. The first-order valence-corrected chi connectivity index (χ1v) is 5.52. The third kappa shape index (κ3) is 2.65. The van der Waals surface area contributed by atoms with E-state index in [1.807, 2.05) is 19.1 Å². The van der Waals surface area contributed by atoms with E-state index in [4.69, 9.17) is 10.5 Å². The molecule has 4 heteroatoms. The SMILES string of the molecule is Cc1ccc(CN)cc1Oc1ccc(F)c(F)c1. The summed E-state index contributed by atoms with van der Waals surface area (Å²) in [6.07, 6.45) is 0. The fraction of sp³-hybridized carbons (Fsp3) is 0.143. The molecule has 2 aromatic rings. The third-order valence-electron chi connectivity index (χ3n) is 2.61. The van der Waals surface area contributed by atoms with Crippen LogP contribution in [0.2, 0.25) is 0 Å². The van der Waals surface area contributed by atoms with E-state index in [0.717, 1.165) is 23.3 Å². The maximum Gasteiger partial charge on any atom is 0.162 e. The van der Waals surface area contributed by atoms with Crippen LogP contribution in [0.1, 0.15) is 11.1 Å². The molecule has 18 heavy (non-hydrogen) atoms. The van der Waals surface area contributed by atoms with E-state index in [0.29, 0.717) is 12.3 Å². The van der Waals surface area contributed by atoms with Gasteiger partial charge >= 0.3 is 0 Å². The second kappa shape index (κ2) is 5.14. The molecule has 2 nitrogen and oxygen atoms in total. The van der Waals surface area contributed by atoms with Crippen molar-refractivity contribution in [1.82, 2.24) is 0 Å². The summed E-state index contributed by atoms with van der Waals surface area (Å²) in [5.41, 5.74) is 7.36. The van der Waals surface area contributed by atoms with Crippen molar-refractivity contribution in [2.24, 2.45) is 5.73 Å². The highest BCUT2D eigenvalue weighted by molar-refractivity contribution is 5.40. The van der Waals surface area contributed by atoms with E-state index in [9.17, 15) is 8.78 Å².